The van der Waals surface area contributed by atoms with Crippen molar-refractivity contribution < 1.29 is 15.0 Å². The van der Waals surface area contributed by atoms with Crippen LogP contribution < -0.4 is 15.0 Å². The maximum atomic E-state index is 6.04. The topological polar surface area (TPSA) is 30.3 Å². The van der Waals surface area contributed by atoms with E-state index >= 15 is 0 Å². The van der Waals surface area contributed by atoms with Gasteiger partial charge in [-0.05, 0) is 40.6 Å². The van der Waals surface area contributed by atoms with E-state index < -0.39 is 0 Å². The highest BCUT2D eigenvalue weighted by Crippen LogP contribution is 2.28. The van der Waals surface area contributed by atoms with Gasteiger partial charge in [0.25, 0.3) is 0 Å². The second-order valence-corrected chi connectivity index (χ2v) is 8.37. The van der Waals surface area contributed by atoms with Crippen molar-refractivity contribution in [1.82, 2.24) is 0 Å². The molecule has 1 saturated heterocycles. The Bertz CT molecular complexity index is 1110. The zero-order chi connectivity index (χ0) is 20.9. The third-order valence-electron chi connectivity index (χ3n) is 6.34. The van der Waals surface area contributed by atoms with Gasteiger partial charge in [0.05, 0.1) is 0 Å². The fourth-order valence-corrected chi connectivity index (χ4v) is 4.77. The number of ether oxygens (including phenoxy) is 1. The minimum absolute atomic E-state index is 0.336. The summed E-state index contributed by atoms with van der Waals surface area (Å²) in [4.78, 5) is 1.65. The Balaban J connectivity index is 1.45. The Morgan fingerprint density at radius 3 is 2.26 bits per heavy atom. The number of rotatable bonds is 6. The predicted molar refractivity (Wildman–Crippen MR) is 125 cm³/mol. The Morgan fingerprint density at radius 1 is 0.742 bits per heavy atom. The molecule has 0 aliphatic carbocycles. The van der Waals surface area contributed by atoms with E-state index in [9.17, 15) is 0 Å². The summed E-state index contributed by atoms with van der Waals surface area (Å²) in [6, 6.07) is 35.0. The molecule has 1 atom stereocenters. The Hall–Kier alpha value is -3.14. The summed E-state index contributed by atoms with van der Waals surface area (Å²) in [5.74, 6) is 0.922. The van der Waals surface area contributed by atoms with E-state index in [0.29, 0.717) is 12.6 Å². The van der Waals surface area contributed by atoms with Gasteiger partial charge >= 0.3 is 0 Å². The molecular formula is C28H30N2O+2. The third-order valence-corrected chi connectivity index (χ3v) is 6.34. The van der Waals surface area contributed by atoms with Gasteiger partial charge in [-0.2, -0.15) is 0 Å². The summed E-state index contributed by atoms with van der Waals surface area (Å²) in [6.07, 6.45) is 0. The number of piperazine rings is 1. The highest BCUT2D eigenvalue weighted by Gasteiger charge is 2.30. The van der Waals surface area contributed by atoms with Gasteiger partial charge in [-0.25, -0.2) is 0 Å². The first-order chi connectivity index (χ1) is 15.4. The van der Waals surface area contributed by atoms with Crippen LogP contribution in [0.3, 0.4) is 0 Å². The van der Waals surface area contributed by atoms with Crippen LogP contribution >= 0.6 is 0 Å². The lowest BCUT2D eigenvalue weighted by Gasteiger charge is -2.31. The van der Waals surface area contributed by atoms with Gasteiger partial charge < -0.3 is 15.0 Å². The fraction of sp³-hybridized carbons (Fsp3) is 0.214. The average Bonchev–Trinajstić information content (AvgIpc) is 2.85. The summed E-state index contributed by atoms with van der Waals surface area (Å²) in [6.45, 7) is 5.34. The van der Waals surface area contributed by atoms with Gasteiger partial charge in [-0.1, -0.05) is 72.8 Å². The molecule has 0 bridgehead atoms. The third kappa shape index (κ3) is 4.48. The molecule has 0 saturated carbocycles. The summed E-state index contributed by atoms with van der Waals surface area (Å²) in [5, 5.41) is 5.11. The molecule has 0 unspecified atom stereocenters. The molecule has 0 radical (unpaired) electrons. The minimum atomic E-state index is 0.336. The fourth-order valence-electron chi connectivity index (χ4n) is 4.77. The van der Waals surface area contributed by atoms with Crippen molar-refractivity contribution in [2.24, 2.45) is 0 Å². The zero-order valence-corrected chi connectivity index (χ0v) is 17.8. The van der Waals surface area contributed by atoms with Gasteiger partial charge in [-0.15, -0.1) is 0 Å². The van der Waals surface area contributed by atoms with E-state index in [1.165, 1.54) is 53.6 Å². The normalized spacial score (nSPS) is 15.6. The van der Waals surface area contributed by atoms with Gasteiger partial charge in [0.15, 0.2) is 0 Å². The second kappa shape index (κ2) is 9.34. The molecule has 0 spiro atoms. The molecular weight excluding hydrogens is 380 g/mol. The van der Waals surface area contributed by atoms with Crippen molar-refractivity contribution in [2.45, 2.75) is 12.6 Å². The van der Waals surface area contributed by atoms with E-state index in [0.717, 1.165) is 5.75 Å². The van der Waals surface area contributed by atoms with Crippen LogP contribution in [0.2, 0.25) is 0 Å². The first kappa shape index (κ1) is 19.8. The molecule has 156 valence electrons. The van der Waals surface area contributed by atoms with Gasteiger partial charge in [0.2, 0.25) is 0 Å². The van der Waals surface area contributed by atoms with Gasteiger partial charge in [0.1, 0.15) is 44.6 Å². The highest BCUT2D eigenvalue weighted by molar-refractivity contribution is 5.86. The number of nitrogens with one attached hydrogen (secondary N) is 1. The molecule has 4 aromatic rings. The summed E-state index contributed by atoms with van der Waals surface area (Å²) in [5.41, 5.74) is 3.97. The summed E-state index contributed by atoms with van der Waals surface area (Å²) in [7, 11) is 0. The van der Waals surface area contributed by atoms with E-state index in [4.69, 9.17) is 4.74 Å². The van der Waals surface area contributed by atoms with Crippen molar-refractivity contribution >= 4 is 10.8 Å². The SMILES string of the molecule is c1ccc(COc2ccc([C@@H](c3cccc4ccccc34)[NH+]3CC[NH2+]CC3)cc2)cc1. The molecule has 1 aliphatic heterocycles. The largest absolute Gasteiger partial charge is 0.489 e. The van der Waals surface area contributed by atoms with Crippen LogP contribution in [0.4, 0.5) is 0 Å². The van der Waals surface area contributed by atoms with E-state index in [2.05, 4.69) is 96.3 Å². The van der Waals surface area contributed by atoms with Crippen molar-refractivity contribution in [1.29, 1.82) is 0 Å². The molecule has 0 amide bonds. The smallest absolute Gasteiger partial charge is 0.140 e. The number of fused-ring (bicyclic) bond motifs is 1. The second-order valence-electron chi connectivity index (χ2n) is 8.37. The predicted octanol–water partition coefficient (Wildman–Crippen LogP) is 2.97. The van der Waals surface area contributed by atoms with E-state index in [1.807, 2.05) is 6.07 Å². The maximum absolute atomic E-state index is 6.04. The molecule has 3 nitrogen and oxygen atoms in total. The molecule has 4 aromatic carbocycles. The van der Waals surface area contributed by atoms with Gasteiger partial charge in [0, 0.05) is 11.1 Å². The Morgan fingerprint density at radius 2 is 1.45 bits per heavy atom. The van der Waals surface area contributed by atoms with Crippen LogP contribution in [-0.4, -0.2) is 26.2 Å². The molecule has 5 rings (SSSR count). The first-order valence-corrected chi connectivity index (χ1v) is 11.3. The lowest BCUT2D eigenvalue weighted by Crippen LogP contribution is -3.20. The maximum Gasteiger partial charge on any atom is 0.140 e. The van der Waals surface area contributed by atoms with Crippen LogP contribution in [-0.2, 0) is 6.61 Å². The lowest BCUT2D eigenvalue weighted by molar-refractivity contribution is -0.967. The van der Waals surface area contributed by atoms with E-state index in [1.54, 1.807) is 4.90 Å². The number of hydrogen-bond donors (Lipinski definition) is 2. The molecule has 31 heavy (non-hydrogen) atoms. The van der Waals surface area contributed by atoms with Gasteiger partial charge in [-0.3, -0.25) is 0 Å². The van der Waals surface area contributed by atoms with Crippen LogP contribution in [0.15, 0.2) is 97.1 Å². The van der Waals surface area contributed by atoms with Crippen LogP contribution in [0.25, 0.3) is 10.8 Å². The van der Waals surface area contributed by atoms with Crippen molar-refractivity contribution in [2.75, 3.05) is 26.2 Å². The summed E-state index contributed by atoms with van der Waals surface area (Å²) < 4.78 is 6.04. The standard InChI is InChI=1S/C28H28N2O/c1-2-7-22(8-3-1)21-31-25-15-13-24(14-16-25)28(30-19-17-29-18-20-30)27-12-6-10-23-9-4-5-11-26(23)27/h1-16,28-29H,17-21H2/p+2/t28-/m0/s1. The number of hydrogen-bond acceptors (Lipinski definition) is 1. The number of benzene rings is 4. The molecule has 1 heterocycles. The quantitative estimate of drug-likeness (QED) is 0.503. The first-order valence-electron chi connectivity index (χ1n) is 11.3. The van der Waals surface area contributed by atoms with Crippen LogP contribution in [0, 0.1) is 0 Å². The highest BCUT2D eigenvalue weighted by atomic mass is 16.5. The zero-order valence-electron chi connectivity index (χ0n) is 17.8. The minimum Gasteiger partial charge on any atom is -0.489 e. The molecule has 3 N–H and O–H groups in total. The van der Waals surface area contributed by atoms with Crippen LogP contribution in [0.1, 0.15) is 22.7 Å². The van der Waals surface area contributed by atoms with E-state index in [-0.39, 0.29) is 0 Å². The lowest BCUT2D eigenvalue weighted by atomic mass is 9.92. The molecule has 0 aromatic heterocycles. The van der Waals surface area contributed by atoms with Crippen molar-refractivity contribution in [3.05, 3.63) is 114 Å². The molecule has 3 heteroatoms. The molecule has 1 fully saturated rings. The number of quaternary nitrogens is 2. The Labute approximate surface area is 184 Å². The Kier molecular flexibility index (Phi) is 5.96. The van der Waals surface area contributed by atoms with Crippen LogP contribution in [0.5, 0.6) is 5.75 Å². The summed E-state index contributed by atoms with van der Waals surface area (Å²) >= 11 is 0. The number of nitrogens with two attached hydrogens (primary N) is 1. The monoisotopic (exact) mass is 410 g/mol. The van der Waals surface area contributed by atoms with Crippen molar-refractivity contribution in [3.63, 3.8) is 0 Å². The molecule has 1 aliphatic rings. The average molecular weight is 411 g/mol. The van der Waals surface area contributed by atoms with Crippen molar-refractivity contribution in [3.8, 4) is 5.75 Å².